The van der Waals surface area contributed by atoms with Gasteiger partial charge in [0.25, 0.3) is 0 Å². The number of anilines is 1. The highest BCUT2D eigenvalue weighted by Crippen LogP contribution is 2.05. The Labute approximate surface area is 97.0 Å². The molecule has 0 spiro atoms. The van der Waals surface area contributed by atoms with Crippen LogP contribution in [0, 0.1) is 0 Å². The topological polar surface area (TPSA) is 55.1 Å². The zero-order valence-corrected chi connectivity index (χ0v) is 9.83. The van der Waals surface area contributed by atoms with Crippen molar-refractivity contribution in [3.63, 3.8) is 0 Å². The first-order valence-corrected chi connectivity index (χ1v) is 5.83. The molecule has 1 aromatic rings. The van der Waals surface area contributed by atoms with Gasteiger partial charge in [0.1, 0.15) is 0 Å². The Morgan fingerprint density at radius 3 is 2.56 bits per heavy atom. The fraction of sp³-hybridized carbons (Fsp3) is 0.462. The van der Waals surface area contributed by atoms with E-state index in [1.807, 2.05) is 0 Å². The molecule has 0 aliphatic heterocycles. The summed E-state index contributed by atoms with van der Waals surface area (Å²) in [6.07, 6.45) is 3.54. The fourth-order valence-corrected chi connectivity index (χ4v) is 1.47. The molecular weight excluding hydrogens is 200 g/mol. The summed E-state index contributed by atoms with van der Waals surface area (Å²) in [5, 5.41) is 3.15. The van der Waals surface area contributed by atoms with E-state index in [0.29, 0.717) is 12.2 Å². The summed E-state index contributed by atoms with van der Waals surface area (Å²) in [5.41, 5.74) is 6.96. The van der Waals surface area contributed by atoms with Crippen LogP contribution in [0.1, 0.15) is 36.5 Å². The molecule has 0 aromatic heterocycles. The van der Waals surface area contributed by atoms with Crippen LogP contribution >= 0.6 is 0 Å². The van der Waals surface area contributed by atoms with E-state index >= 15 is 0 Å². The molecule has 0 aliphatic carbocycles. The quantitative estimate of drug-likeness (QED) is 0.421. The number of rotatable bonds is 7. The van der Waals surface area contributed by atoms with E-state index in [2.05, 4.69) is 12.2 Å². The molecule has 3 heteroatoms. The van der Waals surface area contributed by atoms with Crippen molar-refractivity contribution in [1.29, 1.82) is 0 Å². The predicted octanol–water partition coefficient (Wildman–Crippen LogP) is 2.23. The highest BCUT2D eigenvalue weighted by Gasteiger charge is 2.03. The Balaban J connectivity index is 2.27. The minimum atomic E-state index is 0.122. The molecule has 3 nitrogen and oxygen atoms in total. The summed E-state index contributed by atoms with van der Waals surface area (Å²) in [6.45, 7) is 3.49. The second-order valence-corrected chi connectivity index (χ2v) is 3.93. The van der Waals surface area contributed by atoms with Gasteiger partial charge in [-0.1, -0.05) is 19.8 Å². The van der Waals surface area contributed by atoms with Crippen LogP contribution in [0.4, 0.5) is 5.69 Å². The van der Waals surface area contributed by atoms with E-state index in [1.54, 1.807) is 24.3 Å². The minimum absolute atomic E-state index is 0.122. The van der Waals surface area contributed by atoms with Gasteiger partial charge in [-0.05, 0) is 37.2 Å². The van der Waals surface area contributed by atoms with Gasteiger partial charge in [-0.2, -0.15) is 0 Å². The normalized spacial score (nSPS) is 10.3. The van der Waals surface area contributed by atoms with Crippen molar-refractivity contribution in [3.8, 4) is 0 Å². The van der Waals surface area contributed by atoms with Gasteiger partial charge in [0, 0.05) is 11.3 Å². The van der Waals surface area contributed by atoms with Gasteiger partial charge in [0.15, 0.2) is 5.78 Å². The minimum Gasteiger partial charge on any atom is -0.399 e. The zero-order chi connectivity index (χ0) is 11.8. The Kier molecular flexibility index (Phi) is 5.57. The van der Waals surface area contributed by atoms with E-state index in [1.165, 1.54) is 12.8 Å². The Morgan fingerprint density at radius 2 is 1.94 bits per heavy atom. The summed E-state index contributed by atoms with van der Waals surface area (Å²) in [7, 11) is 0. The summed E-state index contributed by atoms with van der Waals surface area (Å²) in [6, 6.07) is 7.05. The molecule has 1 aromatic carbocycles. The Hall–Kier alpha value is -1.35. The maximum absolute atomic E-state index is 11.7. The summed E-state index contributed by atoms with van der Waals surface area (Å²) < 4.78 is 0. The molecule has 0 amide bonds. The number of nitrogens with one attached hydrogen (secondary N) is 1. The SMILES string of the molecule is CCCCCNCC(=O)c1ccc(N)cc1. The maximum Gasteiger partial charge on any atom is 0.176 e. The standard InChI is InChI=1S/C13H20N2O/c1-2-3-4-9-15-10-13(16)11-5-7-12(14)8-6-11/h5-8,15H,2-4,9-10,14H2,1H3. The van der Waals surface area contributed by atoms with E-state index in [4.69, 9.17) is 5.73 Å². The molecule has 88 valence electrons. The van der Waals surface area contributed by atoms with Crippen molar-refractivity contribution in [2.45, 2.75) is 26.2 Å². The van der Waals surface area contributed by atoms with Crippen LogP contribution in [-0.4, -0.2) is 18.9 Å². The lowest BCUT2D eigenvalue weighted by Gasteiger charge is -2.04. The molecule has 3 N–H and O–H groups in total. The number of benzene rings is 1. The number of unbranched alkanes of at least 4 members (excludes halogenated alkanes) is 2. The zero-order valence-electron chi connectivity index (χ0n) is 9.83. The molecule has 16 heavy (non-hydrogen) atoms. The molecule has 0 atom stereocenters. The summed E-state index contributed by atoms with van der Waals surface area (Å²) in [5.74, 6) is 0.122. The van der Waals surface area contributed by atoms with E-state index in [9.17, 15) is 4.79 Å². The number of nitrogens with two attached hydrogens (primary N) is 1. The van der Waals surface area contributed by atoms with Gasteiger partial charge < -0.3 is 11.1 Å². The van der Waals surface area contributed by atoms with Crippen LogP contribution in [0.15, 0.2) is 24.3 Å². The second kappa shape index (κ2) is 7.01. The van der Waals surface area contributed by atoms with E-state index in [0.717, 1.165) is 18.5 Å². The molecule has 0 saturated heterocycles. The van der Waals surface area contributed by atoms with Gasteiger partial charge in [-0.3, -0.25) is 4.79 Å². The lowest BCUT2D eigenvalue weighted by atomic mass is 10.1. The monoisotopic (exact) mass is 220 g/mol. The molecule has 0 saturated carbocycles. The van der Waals surface area contributed by atoms with Crippen molar-refractivity contribution in [2.75, 3.05) is 18.8 Å². The third-order valence-corrected chi connectivity index (χ3v) is 2.48. The molecule has 0 unspecified atom stereocenters. The predicted molar refractivity (Wildman–Crippen MR) is 67.6 cm³/mol. The van der Waals surface area contributed by atoms with Gasteiger partial charge in [0.2, 0.25) is 0 Å². The summed E-state index contributed by atoms with van der Waals surface area (Å²) >= 11 is 0. The fourth-order valence-electron chi connectivity index (χ4n) is 1.47. The summed E-state index contributed by atoms with van der Waals surface area (Å²) in [4.78, 5) is 11.7. The third-order valence-electron chi connectivity index (χ3n) is 2.48. The second-order valence-electron chi connectivity index (χ2n) is 3.93. The smallest absolute Gasteiger partial charge is 0.176 e. The van der Waals surface area contributed by atoms with Gasteiger partial charge in [-0.15, -0.1) is 0 Å². The van der Waals surface area contributed by atoms with Crippen molar-refractivity contribution in [1.82, 2.24) is 5.32 Å². The van der Waals surface area contributed by atoms with Crippen molar-refractivity contribution >= 4 is 11.5 Å². The molecule has 0 heterocycles. The Bertz CT molecular complexity index is 319. The molecule has 0 fully saturated rings. The maximum atomic E-state index is 11.7. The lowest BCUT2D eigenvalue weighted by Crippen LogP contribution is -2.23. The number of hydrogen-bond acceptors (Lipinski definition) is 3. The molecular formula is C13H20N2O. The van der Waals surface area contributed by atoms with E-state index < -0.39 is 0 Å². The van der Waals surface area contributed by atoms with Crippen LogP contribution in [0.25, 0.3) is 0 Å². The number of carbonyl (C=O) groups excluding carboxylic acids is 1. The number of hydrogen-bond donors (Lipinski definition) is 2. The average Bonchev–Trinajstić information content (AvgIpc) is 2.29. The average molecular weight is 220 g/mol. The van der Waals surface area contributed by atoms with Crippen LogP contribution in [0.3, 0.4) is 0 Å². The molecule has 0 radical (unpaired) electrons. The lowest BCUT2D eigenvalue weighted by molar-refractivity contribution is 0.0991. The molecule has 1 rings (SSSR count). The van der Waals surface area contributed by atoms with Gasteiger partial charge in [-0.25, -0.2) is 0 Å². The third kappa shape index (κ3) is 4.45. The molecule has 0 aliphatic rings. The van der Waals surface area contributed by atoms with Crippen LogP contribution in [-0.2, 0) is 0 Å². The van der Waals surface area contributed by atoms with Crippen molar-refractivity contribution < 1.29 is 4.79 Å². The first kappa shape index (κ1) is 12.7. The highest BCUT2D eigenvalue weighted by atomic mass is 16.1. The van der Waals surface area contributed by atoms with Gasteiger partial charge in [0.05, 0.1) is 6.54 Å². The Morgan fingerprint density at radius 1 is 1.25 bits per heavy atom. The first-order chi connectivity index (χ1) is 7.74. The first-order valence-electron chi connectivity index (χ1n) is 5.83. The number of carbonyl (C=O) groups is 1. The van der Waals surface area contributed by atoms with Crippen LogP contribution < -0.4 is 11.1 Å². The highest BCUT2D eigenvalue weighted by molar-refractivity contribution is 5.97. The van der Waals surface area contributed by atoms with Crippen LogP contribution in [0.2, 0.25) is 0 Å². The van der Waals surface area contributed by atoms with Crippen LogP contribution in [0.5, 0.6) is 0 Å². The van der Waals surface area contributed by atoms with Gasteiger partial charge >= 0.3 is 0 Å². The van der Waals surface area contributed by atoms with E-state index in [-0.39, 0.29) is 5.78 Å². The van der Waals surface area contributed by atoms with Crippen molar-refractivity contribution in [2.24, 2.45) is 0 Å². The number of ketones is 1. The largest absolute Gasteiger partial charge is 0.399 e. The number of Topliss-reactive ketones (excluding diaryl/α,β-unsaturated/α-hetero) is 1. The molecule has 0 bridgehead atoms. The van der Waals surface area contributed by atoms with Crippen molar-refractivity contribution in [3.05, 3.63) is 29.8 Å². The number of nitrogen functional groups attached to an aromatic ring is 1.